The van der Waals surface area contributed by atoms with Crippen LogP contribution in [0.3, 0.4) is 0 Å². The van der Waals surface area contributed by atoms with Gasteiger partial charge in [-0.1, -0.05) is 19.1 Å². The standard InChI is InChI=1S/C15H18N4O/c1-3-12-11(10-20)13(19-18-12)8-9-17-15-7-5-4-6-14(15)16-2/h4-7,10,17H,2-3,8-9H2,1H3,(H,18,19). The number of hydrogen-bond acceptors (Lipinski definition) is 4. The summed E-state index contributed by atoms with van der Waals surface area (Å²) in [6.07, 6.45) is 2.32. The first-order valence-corrected chi connectivity index (χ1v) is 6.61. The highest BCUT2D eigenvalue weighted by Crippen LogP contribution is 2.23. The summed E-state index contributed by atoms with van der Waals surface area (Å²) in [6, 6.07) is 7.72. The van der Waals surface area contributed by atoms with Crippen molar-refractivity contribution in [2.75, 3.05) is 11.9 Å². The number of benzene rings is 1. The van der Waals surface area contributed by atoms with Crippen LogP contribution in [0.2, 0.25) is 0 Å². The fourth-order valence-corrected chi connectivity index (χ4v) is 2.11. The topological polar surface area (TPSA) is 70.1 Å². The molecule has 0 aliphatic heterocycles. The van der Waals surface area contributed by atoms with E-state index in [2.05, 4.69) is 27.2 Å². The fourth-order valence-electron chi connectivity index (χ4n) is 2.11. The summed E-state index contributed by atoms with van der Waals surface area (Å²) < 4.78 is 0. The van der Waals surface area contributed by atoms with Crippen LogP contribution in [0.1, 0.15) is 28.7 Å². The summed E-state index contributed by atoms with van der Waals surface area (Å²) in [5.41, 5.74) is 4.13. The molecule has 2 rings (SSSR count). The normalized spacial score (nSPS) is 10.2. The summed E-state index contributed by atoms with van der Waals surface area (Å²) in [5, 5.41) is 10.4. The van der Waals surface area contributed by atoms with Crippen LogP contribution in [0, 0.1) is 0 Å². The lowest BCUT2D eigenvalue weighted by Gasteiger charge is -2.08. The maximum atomic E-state index is 11.1. The van der Waals surface area contributed by atoms with Gasteiger partial charge in [-0.05, 0) is 25.3 Å². The van der Waals surface area contributed by atoms with Crippen LogP contribution in [0.25, 0.3) is 0 Å². The molecule has 0 aliphatic rings. The minimum atomic E-state index is 0.685. The van der Waals surface area contributed by atoms with E-state index < -0.39 is 0 Å². The Hall–Kier alpha value is -2.43. The third-order valence-corrected chi connectivity index (χ3v) is 3.18. The van der Waals surface area contributed by atoms with Gasteiger partial charge in [0.05, 0.1) is 22.6 Å². The largest absolute Gasteiger partial charge is 0.383 e. The van der Waals surface area contributed by atoms with Crippen molar-refractivity contribution in [3.05, 3.63) is 41.2 Å². The molecule has 0 bridgehead atoms. The Labute approximate surface area is 118 Å². The number of aromatic amines is 1. The molecule has 2 N–H and O–H groups in total. The number of anilines is 1. The summed E-state index contributed by atoms with van der Waals surface area (Å²) >= 11 is 0. The van der Waals surface area contributed by atoms with E-state index in [1.807, 2.05) is 31.2 Å². The van der Waals surface area contributed by atoms with Crippen molar-refractivity contribution < 1.29 is 4.79 Å². The molecule has 0 saturated heterocycles. The predicted octanol–water partition coefficient (Wildman–Crippen LogP) is 2.77. The van der Waals surface area contributed by atoms with Gasteiger partial charge in [-0.2, -0.15) is 5.10 Å². The molecule has 1 heterocycles. The lowest BCUT2D eigenvalue weighted by Crippen LogP contribution is -2.06. The smallest absolute Gasteiger partial charge is 0.153 e. The number of H-pyrrole nitrogens is 1. The first kappa shape index (κ1) is 14.0. The van der Waals surface area contributed by atoms with Crippen molar-refractivity contribution in [3.8, 4) is 0 Å². The molecule has 5 nitrogen and oxygen atoms in total. The number of rotatable bonds is 7. The molecule has 0 aliphatic carbocycles. The third-order valence-electron chi connectivity index (χ3n) is 3.18. The van der Waals surface area contributed by atoms with Gasteiger partial charge in [0.1, 0.15) is 0 Å². The summed E-state index contributed by atoms with van der Waals surface area (Å²) in [7, 11) is 0. The molecule has 1 aromatic carbocycles. The van der Waals surface area contributed by atoms with E-state index in [9.17, 15) is 4.79 Å². The van der Waals surface area contributed by atoms with Gasteiger partial charge in [0.2, 0.25) is 0 Å². The Morgan fingerprint density at radius 3 is 2.95 bits per heavy atom. The lowest BCUT2D eigenvalue weighted by atomic mass is 10.1. The highest BCUT2D eigenvalue weighted by atomic mass is 16.1. The first-order valence-electron chi connectivity index (χ1n) is 6.61. The van der Waals surface area contributed by atoms with E-state index >= 15 is 0 Å². The highest BCUT2D eigenvalue weighted by molar-refractivity contribution is 5.78. The van der Waals surface area contributed by atoms with Gasteiger partial charge in [-0.3, -0.25) is 14.9 Å². The average molecular weight is 270 g/mol. The minimum Gasteiger partial charge on any atom is -0.383 e. The highest BCUT2D eigenvalue weighted by Gasteiger charge is 2.10. The quantitative estimate of drug-likeness (QED) is 0.600. The van der Waals surface area contributed by atoms with Gasteiger partial charge in [0.15, 0.2) is 6.29 Å². The Morgan fingerprint density at radius 1 is 1.45 bits per heavy atom. The van der Waals surface area contributed by atoms with Crippen LogP contribution in [-0.4, -0.2) is 29.7 Å². The molecule has 0 amide bonds. The van der Waals surface area contributed by atoms with Crippen LogP contribution < -0.4 is 5.32 Å². The lowest BCUT2D eigenvalue weighted by molar-refractivity contribution is 0.112. The third kappa shape index (κ3) is 2.93. The number of aromatic nitrogens is 2. The van der Waals surface area contributed by atoms with Crippen LogP contribution >= 0.6 is 0 Å². The van der Waals surface area contributed by atoms with E-state index in [-0.39, 0.29) is 0 Å². The Morgan fingerprint density at radius 2 is 2.25 bits per heavy atom. The maximum Gasteiger partial charge on any atom is 0.153 e. The number of nitrogens with zero attached hydrogens (tertiary/aromatic N) is 2. The Kier molecular flexibility index (Phi) is 4.65. The predicted molar refractivity (Wildman–Crippen MR) is 81.2 cm³/mol. The van der Waals surface area contributed by atoms with Crippen molar-refractivity contribution in [1.29, 1.82) is 0 Å². The molecule has 104 valence electrons. The van der Waals surface area contributed by atoms with Gasteiger partial charge < -0.3 is 5.32 Å². The van der Waals surface area contributed by atoms with Gasteiger partial charge in [0, 0.05) is 18.7 Å². The molecular weight excluding hydrogens is 252 g/mol. The SMILES string of the molecule is C=Nc1ccccc1NCCc1[nH]nc(CC)c1C=O. The van der Waals surface area contributed by atoms with E-state index in [0.29, 0.717) is 18.5 Å². The number of para-hydroxylation sites is 2. The van der Waals surface area contributed by atoms with Crippen molar-refractivity contribution in [2.45, 2.75) is 19.8 Å². The first-order chi connectivity index (χ1) is 9.80. The van der Waals surface area contributed by atoms with E-state index in [0.717, 1.165) is 35.5 Å². The molecule has 0 fully saturated rings. The van der Waals surface area contributed by atoms with Gasteiger partial charge >= 0.3 is 0 Å². The number of aldehydes is 1. The zero-order valence-corrected chi connectivity index (χ0v) is 11.5. The van der Waals surface area contributed by atoms with Crippen molar-refractivity contribution in [3.63, 3.8) is 0 Å². The second-order valence-electron chi connectivity index (χ2n) is 4.39. The maximum absolute atomic E-state index is 11.1. The number of aryl methyl sites for hydroxylation is 1. The summed E-state index contributed by atoms with van der Waals surface area (Å²) in [4.78, 5) is 15.1. The molecule has 0 atom stereocenters. The number of hydrogen-bond donors (Lipinski definition) is 2. The monoisotopic (exact) mass is 270 g/mol. The van der Waals surface area contributed by atoms with Crippen LogP contribution in [-0.2, 0) is 12.8 Å². The van der Waals surface area contributed by atoms with Crippen LogP contribution in [0.5, 0.6) is 0 Å². The van der Waals surface area contributed by atoms with Crippen LogP contribution in [0.4, 0.5) is 11.4 Å². The van der Waals surface area contributed by atoms with E-state index in [1.165, 1.54) is 0 Å². The number of aliphatic imine (C=N–C) groups is 1. The van der Waals surface area contributed by atoms with Gasteiger partial charge in [-0.25, -0.2) is 0 Å². The van der Waals surface area contributed by atoms with Gasteiger partial charge in [-0.15, -0.1) is 0 Å². The molecule has 0 spiro atoms. The van der Waals surface area contributed by atoms with Crippen LogP contribution in [0.15, 0.2) is 29.3 Å². The van der Waals surface area contributed by atoms with E-state index in [4.69, 9.17) is 0 Å². The number of carbonyl (C=O) groups excluding carboxylic acids is 1. The molecule has 0 radical (unpaired) electrons. The second kappa shape index (κ2) is 6.65. The molecule has 5 heteroatoms. The second-order valence-corrected chi connectivity index (χ2v) is 4.39. The molecule has 2 aromatic rings. The fraction of sp³-hybridized carbons (Fsp3) is 0.267. The zero-order chi connectivity index (χ0) is 14.4. The molecule has 1 aromatic heterocycles. The molecule has 0 unspecified atom stereocenters. The Balaban J connectivity index is 2.01. The number of nitrogens with one attached hydrogen (secondary N) is 2. The molecular formula is C15H18N4O. The summed E-state index contributed by atoms with van der Waals surface area (Å²) in [5.74, 6) is 0. The average Bonchev–Trinajstić information content (AvgIpc) is 2.89. The number of carbonyl (C=O) groups is 1. The van der Waals surface area contributed by atoms with Crippen molar-refractivity contribution in [1.82, 2.24) is 10.2 Å². The van der Waals surface area contributed by atoms with Crippen molar-refractivity contribution >= 4 is 24.4 Å². The van der Waals surface area contributed by atoms with Gasteiger partial charge in [0.25, 0.3) is 0 Å². The molecule has 0 saturated carbocycles. The van der Waals surface area contributed by atoms with E-state index in [1.54, 1.807) is 0 Å². The minimum absolute atomic E-state index is 0.685. The van der Waals surface area contributed by atoms with Crippen molar-refractivity contribution in [2.24, 2.45) is 4.99 Å². The summed E-state index contributed by atoms with van der Waals surface area (Å²) in [6.45, 7) is 6.22. The molecule has 20 heavy (non-hydrogen) atoms. The Bertz CT molecular complexity index is 604. The zero-order valence-electron chi connectivity index (χ0n) is 11.5.